The topological polar surface area (TPSA) is 73.3 Å². The zero-order chi connectivity index (χ0) is 18.1. The molecule has 0 fully saturated rings. The van der Waals surface area contributed by atoms with E-state index in [-0.39, 0.29) is 11.7 Å². The van der Waals surface area contributed by atoms with Crippen LogP contribution in [-0.2, 0) is 12.8 Å². The number of aromatic nitrogens is 3. The molecule has 9 heteroatoms. The van der Waals surface area contributed by atoms with Gasteiger partial charge in [0.1, 0.15) is 10.6 Å². The Morgan fingerprint density at radius 3 is 2.92 bits per heavy atom. The lowest BCUT2D eigenvalue weighted by Crippen LogP contribution is -2.12. The van der Waals surface area contributed by atoms with E-state index in [0.717, 1.165) is 20.3 Å². The molecule has 0 spiro atoms. The molecule has 0 aliphatic rings. The van der Waals surface area contributed by atoms with Crippen LogP contribution in [0.15, 0.2) is 49.6 Å². The summed E-state index contributed by atoms with van der Waals surface area (Å²) in [5, 5.41) is 11.9. The molecule has 0 radical (unpaired) electrons. The van der Waals surface area contributed by atoms with E-state index < -0.39 is 0 Å². The molecule has 1 aromatic carbocycles. The van der Waals surface area contributed by atoms with Gasteiger partial charge in [0.05, 0.1) is 0 Å². The third-order valence-electron chi connectivity index (χ3n) is 3.70. The highest BCUT2D eigenvalue weighted by Gasteiger charge is 2.21. The van der Waals surface area contributed by atoms with Gasteiger partial charge in [-0.25, -0.2) is 0 Å². The number of nitrogens with zero attached hydrogens (tertiary/aromatic N) is 4. The monoisotopic (exact) mass is 402 g/mol. The molecule has 3 aromatic heterocycles. The third kappa shape index (κ3) is 3.37. The first-order valence-electron chi connectivity index (χ1n) is 7.74. The highest BCUT2D eigenvalue weighted by molar-refractivity contribution is 8.00. The zero-order valence-electron chi connectivity index (χ0n) is 14.0. The van der Waals surface area contributed by atoms with Crippen LogP contribution < -0.4 is 4.80 Å². The molecular weight excluding hydrogens is 388 g/mol. The summed E-state index contributed by atoms with van der Waals surface area (Å²) in [5.74, 6) is 0.482. The molecule has 26 heavy (non-hydrogen) atoms. The van der Waals surface area contributed by atoms with Gasteiger partial charge in [0.25, 0.3) is 0 Å². The summed E-state index contributed by atoms with van der Waals surface area (Å²) in [4.78, 5) is 17.6. The Morgan fingerprint density at radius 2 is 2.19 bits per heavy atom. The molecular formula is C17H14N4O2S3. The van der Waals surface area contributed by atoms with Crippen molar-refractivity contribution in [2.24, 2.45) is 12.0 Å². The number of rotatable bonds is 4. The van der Waals surface area contributed by atoms with Crippen molar-refractivity contribution in [2.45, 2.75) is 17.0 Å². The fourth-order valence-electron chi connectivity index (χ4n) is 2.46. The van der Waals surface area contributed by atoms with E-state index in [1.54, 1.807) is 11.8 Å². The second-order valence-corrected chi connectivity index (χ2v) is 8.77. The van der Waals surface area contributed by atoms with Crippen molar-refractivity contribution in [1.82, 2.24) is 14.8 Å². The van der Waals surface area contributed by atoms with Gasteiger partial charge in [0, 0.05) is 35.3 Å². The maximum absolute atomic E-state index is 12.8. The number of benzene rings is 1. The molecule has 0 aliphatic heterocycles. The molecule has 1 amide bonds. The van der Waals surface area contributed by atoms with Crippen molar-refractivity contribution in [3.05, 3.63) is 57.0 Å². The third-order valence-corrected chi connectivity index (χ3v) is 6.54. The predicted molar refractivity (Wildman–Crippen MR) is 104 cm³/mol. The molecule has 0 N–H and O–H groups in total. The number of furan rings is 1. The lowest BCUT2D eigenvalue weighted by atomic mass is 10.1. The minimum Gasteiger partial charge on any atom is -0.450 e. The number of para-hydroxylation sites is 1. The van der Waals surface area contributed by atoms with Crippen molar-refractivity contribution < 1.29 is 9.21 Å². The summed E-state index contributed by atoms with van der Waals surface area (Å²) in [6.45, 7) is 1.92. The van der Waals surface area contributed by atoms with Gasteiger partial charge in [-0.1, -0.05) is 41.3 Å². The predicted octanol–water partition coefficient (Wildman–Crippen LogP) is 4.03. The van der Waals surface area contributed by atoms with E-state index in [4.69, 9.17) is 4.42 Å². The van der Waals surface area contributed by atoms with Gasteiger partial charge in [-0.15, -0.1) is 21.5 Å². The second kappa shape index (κ2) is 7.18. The molecule has 0 aliphatic carbocycles. The van der Waals surface area contributed by atoms with Crippen molar-refractivity contribution in [3.63, 3.8) is 0 Å². The maximum atomic E-state index is 12.8. The van der Waals surface area contributed by atoms with Gasteiger partial charge in [-0.3, -0.25) is 4.79 Å². The standard InChI is InChI=1S/C17H14N4O2S3/c1-10-19-20-17(26-10)25-9-12-11-5-3-4-6-13(11)23-14(12)15(22)18-16-21(2)7-8-24-16/h3-8H,9H2,1-2H3. The number of amides is 1. The zero-order valence-corrected chi connectivity index (χ0v) is 16.5. The smallest absolute Gasteiger partial charge is 0.315 e. The number of aryl methyl sites for hydroxylation is 2. The number of carbonyl (C=O) groups excluding carboxylic acids is 1. The summed E-state index contributed by atoms with van der Waals surface area (Å²) >= 11 is 4.49. The summed E-state index contributed by atoms with van der Waals surface area (Å²) < 4.78 is 8.53. The number of fused-ring (bicyclic) bond motifs is 1. The van der Waals surface area contributed by atoms with Gasteiger partial charge < -0.3 is 8.98 Å². The molecule has 4 aromatic rings. The molecule has 0 saturated carbocycles. The van der Waals surface area contributed by atoms with E-state index in [2.05, 4.69) is 15.2 Å². The molecule has 132 valence electrons. The molecule has 0 saturated heterocycles. The summed E-state index contributed by atoms with van der Waals surface area (Å²) in [7, 11) is 1.86. The minimum atomic E-state index is -0.372. The summed E-state index contributed by atoms with van der Waals surface area (Å²) in [5.41, 5.74) is 1.53. The number of thioether (sulfide) groups is 1. The highest BCUT2D eigenvalue weighted by atomic mass is 32.2. The Bertz CT molecular complexity index is 1150. The summed E-state index contributed by atoms with van der Waals surface area (Å²) in [6, 6.07) is 7.65. The average molecular weight is 403 g/mol. The normalized spacial score (nSPS) is 12.2. The first-order valence-corrected chi connectivity index (χ1v) is 10.4. The lowest BCUT2D eigenvalue weighted by molar-refractivity contribution is 0.0972. The van der Waals surface area contributed by atoms with Gasteiger partial charge >= 0.3 is 5.91 Å². The fraction of sp³-hybridized carbons (Fsp3) is 0.176. The Morgan fingerprint density at radius 1 is 1.35 bits per heavy atom. The van der Waals surface area contributed by atoms with Gasteiger partial charge in [-0.2, -0.15) is 4.99 Å². The van der Waals surface area contributed by atoms with E-state index in [9.17, 15) is 4.79 Å². The van der Waals surface area contributed by atoms with Crippen molar-refractivity contribution in [2.75, 3.05) is 0 Å². The van der Waals surface area contributed by atoms with Crippen LogP contribution in [0.4, 0.5) is 0 Å². The Kier molecular flexibility index (Phi) is 4.75. The van der Waals surface area contributed by atoms with E-state index in [1.165, 1.54) is 22.7 Å². The van der Waals surface area contributed by atoms with E-state index in [0.29, 0.717) is 16.1 Å². The second-order valence-electron chi connectivity index (χ2n) is 5.50. The van der Waals surface area contributed by atoms with Gasteiger partial charge in [0.15, 0.2) is 14.9 Å². The number of hydrogen-bond acceptors (Lipinski definition) is 7. The number of hydrogen-bond donors (Lipinski definition) is 0. The Hall–Kier alpha value is -2.23. The highest BCUT2D eigenvalue weighted by Crippen LogP contribution is 2.33. The van der Waals surface area contributed by atoms with Crippen molar-refractivity contribution >= 4 is 51.3 Å². The largest absolute Gasteiger partial charge is 0.450 e. The number of carbonyl (C=O) groups is 1. The molecule has 0 atom stereocenters. The molecule has 4 rings (SSSR count). The van der Waals surface area contributed by atoms with Crippen LogP contribution in [0.1, 0.15) is 21.1 Å². The van der Waals surface area contributed by atoms with Crippen LogP contribution in [0.5, 0.6) is 0 Å². The van der Waals surface area contributed by atoms with E-state index in [1.807, 2.05) is 54.4 Å². The molecule has 3 heterocycles. The van der Waals surface area contributed by atoms with Crippen LogP contribution in [0.3, 0.4) is 0 Å². The average Bonchev–Trinajstić information content (AvgIpc) is 3.32. The fourth-order valence-corrected chi connectivity index (χ4v) is 5.03. The summed E-state index contributed by atoms with van der Waals surface area (Å²) in [6.07, 6.45) is 1.87. The van der Waals surface area contributed by atoms with Crippen LogP contribution >= 0.6 is 34.4 Å². The van der Waals surface area contributed by atoms with Crippen LogP contribution in [-0.4, -0.2) is 20.7 Å². The molecule has 6 nitrogen and oxygen atoms in total. The molecule has 0 bridgehead atoms. The Balaban J connectivity index is 1.74. The first kappa shape index (κ1) is 17.2. The van der Waals surface area contributed by atoms with E-state index >= 15 is 0 Å². The SMILES string of the molecule is Cc1nnc(SCc2c(C(=O)N=c3sccn3C)oc3ccccc23)s1. The van der Waals surface area contributed by atoms with Gasteiger partial charge in [-0.05, 0) is 13.0 Å². The Labute approximate surface area is 161 Å². The molecule has 0 unspecified atom stereocenters. The van der Waals surface area contributed by atoms with Crippen LogP contribution in [0.25, 0.3) is 11.0 Å². The minimum absolute atomic E-state index is 0.285. The maximum Gasteiger partial charge on any atom is 0.315 e. The first-order chi connectivity index (χ1) is 12.6. The van der Waals surface area contributed by atoms with Crippen LogP contribution in [0.2, 0.25) is 0 Å². The van der Waals surface area contributed by atoms with Crippen LogP contribution in [0, 0.1) is 6.92 Å². The quantitative estimate of drug-likeness (QED) is 0.482. The van der Waals surface area contributed by atoms with Crippen molar-refractivity contribution in [3.8, 4) is 0 Å². The van der Waals surface area contributed by atoms with Crippen molar-refractivity contribution in [1.29, 1.82) is 0 Å². The lowest BCUT2D eigenvalue weighted by Gasteiger charge is -1.99. The number of thiazole rings is 1. The van der Waals surface area contributed by atoms with Gasteiger partial charge in [0.2, 0.25) is 0 Å².